The van der Waals surface area contributed by atoms with E-state index in [0.29, 0.717) is 6.61 Å². The molecule has 1 heterocycles. The van der Waals surface area contributed by atoms with Crippen LogP contribution in [0.25, 0.3) is 0 Å². The van der Waals surface area contributed by atoms with E-state index in [4.69, 9.17) is 10.5 Å². The first-order valence-corrected chi connectivity index (χ1v) is 6.33. The Hall–Kier alpha value is -0.860. The summed E-state index contributed by atoms with van der Waals surface area (Å²) in [6, 6.07) is 4.69. The predicted octanol–water partition coefficient (Wildman–Crippen LogP) is 2.58. The summed E-state index contributed by atoms with van der Waals surface area (Å²) in [5.41, 5.74) is 12.2. The minimum atomic E-state index is 0.109. The molecule has 1 aliphatic heterocycles. The van der Waals surface area contributed by atoms with Gasteiger partial charge in [0.1, 0.15) is 0 Å². The third-order valence-corrected chi connectivity index (χ3v) is 4.62. The Labute approximate surface area is 95.8 Å². The minimum absolute atomic E-state index is 0.109. The van der Waals surface area contributed by atoms with Gasteiger partial charge in [-0.05, 0) is 53.4 Å². The zero-order valence-electron chi connectivity index (χ0n) is 9.41. The normalized spacial score (nSPS) is 34.9. The van der Waals surface area contributed by atoms with Crippen LogP contribution in [-0.2, 0) is 11.3 Å². The smallest absolute Gasteiger partial charge is 0.0721 e. The molecule has 0 radical (unpaired) electrons. The molecular weight excluding hydrogens is 198 g/mol. The molecular formula is C14H17NO. The highest BCUT2D eigenvalue weighted by atomic mass is 16.5. The van der Waals surface area contributed by atoms with E-state index in [1.807, 2.05) is 0 Å². The average molecular weight is 215 g/mol. The Kier molecular flexibility index (Phi) is 1.77. The third-order valence-electron chi connectivity index (χ3n) is 4.62. The molecule has 2 heteroatoms. The van der Waals surface area contributed by atoms with Crippen LogP contribution in [0.1, 0.15) is 59.4 Å². The van der Waals surface area contributed by atoms with Crippen LogP contribution in [0.15, 0.2) is 12.1 Å². The van der Waals surface area contributed by atoms with Crippen molar-refractivity contribution in [2.75, 3.05) is 6.61 Å². The molecule has 16 heavy (non-hydrogen) atoms. The molecule has 0 unspecified atom stereocenters. The standard InChI is InChI=1S/C14H17NO/c15-12-7-16-6-10-3-4-11-8-1-2-9(5-8)13(11)14(10)12/h3-4,8-9,12H,1-2,5-7,15H2/t8-,9+,12+/m0/s1. The van der Waals surface area contributed by atoms with Crippen molar-refractivity contribution in [3.63, 3.8) is 0 Å². The Morgan fingerprint density at radius 3 is 2.94 bits per heavy atom. The second kappa shape index (κ2) is 3.08. The molecule has 3 aliphatic rings. The molecule has 1 aromatic carbocycles. The van der Waals surface area contributed by atoms with Crippen LogP contribution < -0.4 is 5.73 Å². The summed E-state index contributed by atoms with van der Waals surface area (Å²) >= 11 is 0. The summed E-state index contributed by atoms with van der Waals surface area (Å²) in [5.74, 6) is 1.64. The maximum absolute atomic E-state index is 6.23. The lowest BCUT2D eigenvalue weighted by Crippen LogP contribution is -2.26. The number of hydrogen-bond acceptors (Lipinski definition) is 2. The third kappa shape index (κ3) is 1.04. The molecule has 4 rings (SSSR count). The van der Waals surface area contributed by atoms with Crippen LogP contribution in [0.2, 0.25) is 0 Å². The fraction of sp³-hybridized carbons (Fsp3) is 0.571. The maximum Gasteiger partial charge on any atom is 0.0721 e. The van der Waals surface area contributed by atoms with Crippen LogP contribution in [-0.4, -0.2) is 6.61 Å². The molecule has 1 fully saturated rings. The largest absolute Gasteiger partial charge is 0.375 e. The van der Waals surface area contributed by atoms with Crippen LogP contribution in [0.5, 0.6) is 0 Å². The van der Waals surface area contributed by atoms with Gasteiger partial charge in [0.05, 0.1) is 19.3 Å². The minimum Gasteiger partial charge on any atom is -0.375 e. The second-order valence-electron chi connectivity index (χ2n) is 5.47. The van der Waals surface area contributed by atoms with E-state index in [-0.39, 0.29) is 6.04 Å². The SMILES string of the molecule is N[C@@H]1COCc2ccc3c(c21)[C@@H]1CC[C@H]3C1. The molecule has 1 aromatic rings. The molecule has 2 aliphatic carbocycles. The van der Waals surface area contributed by atoms with E-state index in [9.17, 15) is 0 Å². The van der Waals surface area contributed by atoms with Crippen molar-refractivity contribution in [2.45, 2.75) is 43.7 Å². The second-order valence-corrected chi connectivity index (χ2v) is 5.47. The molecule has 0 saturated heterocycles. The number of rotatable bonds is 0. The topological polar surface area (TPSA) is 35.2 Å². The lowest BCUT2D eigenvalue weighted by atomic mass is 9.83. The fourth-order valence-corrected chi connectivity index (χ4v) is 3.98. The Morgan fingerprint density at radius 2 is 2.00 bits per heavy atom. The summed E-state index contributed by atoms with van der Waals surface area (Å²) in [5, 5.41) is 0. The van der Waals surface area contributed by atoms with Gasteiger partial charge in [-0.2, -0.15) is 0 Å². The quantitative estimate of drug-likeness (QED) is 0.722. The van der Waals surface area contributed by atoms with Gasteiger partial charge < -0.3 is 10.5 Å². The summed E-state index contributed by atoms with van der Waals surface area (Å²) in [6.07, 6.45) is 4.14. The molecule has 3 atom stereocenters. The first kappa shape index (κ1) is 9.20. The van der Waals surface area contributed by atoms with E-state index >= 15 is 0 Å². The molecule has 0 aromatic heterocycles. The van der Waals surface area contributed by atoms with Gasteiger partial charge in [-0.3, -0.25) is 0 Å². The highest BCUT2D eigenvalue weighted by molar-refractivity contribution is 5.51. The molecule has 84 valence electrons. The van der Waals surface area contributed by atoms with Gasteiger partial charge in [-0.1, -0.05) is 12.1 Å². The maximum atomic E-state index is 6.23. The number of nitrogens with two attached hydrogens (primary N) is 1. The van der Waals surface area contributed by atoms with Crippen molar-refractivity contribution in [2.24, 2.45) is 5.73 Å². The molecule has 2 nitrogen and oxygen atoms in total. The number of fused-ring (bicyclic) bond motifs is 7. The number of benzene rings is 1. The first-order valence-electron chi connectivity index (χ1n) is 6.33. The highest BCUT2D eigenvalue weighted by Crippen LogP contribution is 2.55. The van der Waals surface area contributed by atoms with Gasteiger partial charge in [0.2, 0.25) is 0 Å². The van der Waals surface area contributed by atoms with Crippen molar-refractivity contribution in [3.8, 4) is 0 Å². The Bertz CT molecular complexity index is 454. The predicted molar refractivity (Wildman–Crippen MR) is 62.4 cm³/mol. The Morgan fingerprint density at radius 1 is 1.12 bits per heavy atom. The Balaban J connectivity index is 1.96. The highest BCUT2D eigenvalue weighted by Gasteiger charge is 2.40. The van der Waals surface area contributed by atoms with Crippen molar-refractivity contribution >= 4 is 0 Å². The molecule has 0 spiro atoms. The van der Waals surface area contributed by atoms with Gasteiger partial charge in [-0.15, -0.1) is 0 Å². The summed E-state index contributed by atoms with van der Waals surface area (Å²) in [7, 11) is 0. The van der Waals surface area contributed by atoms with Crippen LogP contribution in [0, 0.1) is 0 Å². The molecule has 0 amide bonds. The van der Waals surface area contributed by atoms with Gasteiger partial charge in [0.25, 0.3) is 0 Å². The number of hydrogen-bond donors (Lipinski definition) is 1. The van der Waals surface area contributed by atoms with E-state index in [1.165, 1.54) is 30.4 Å². The summed E-state index contributed by atoms with van der Waals surface area (Å²) < 4.78 is 5.52. The van der Waals surface area contributed by atoms with Gasteiger partial charge in [0.15, 0.2) is 0 Å². The van der Waals surface area contributed by atoms with E-state index < -0.39 is 0 Å². The zero-order chi connectivity index (χ0) is 10.7. The monoisotopic (exact) mass is 215 g/mol. The van der Waals surface area contributed by atoms with Gasteiger partial charge >= 0.3 is 0 Å². The lowest BCUT2D eigenvalue weighted by Gasteiger charge is -2.29. The average Bonchev–Trinajstić information content (AvgIpc) is 2.89. The van der Waals surface area contributed by atoms with Crippen molar-refractivity contribution in [3.05, 3.63) is 34.4 Å². The van der Waals surface area contributed by atoms with E-state index in [1.54, 1.807) is 11.1 Å². The number of ether oxygens (including phenoxy) is 1. The van der Waals surface area contributed by atoms with Gasteiger partial charge in [-0.25, -0.2) is 0 Å². The first-order chi connectivity index (χ1) is 7.84. The van der Waals surface area contributed by atoms with Crippen molar-refractivity contribution < 1.29 is 4.74 Å². The summed E-state index contributed by atoms with van der Waals surface area (Å²) in [6.45, 7) is 1.45. The summed E-state index contributed by atoms with van der Waals surface area (Å²) in [4.78, 5) is 0. The van der Waals surface area contributed by atoms with Crippen LogP contribution in [0.4, 0.5) is 0 Å². The van der Waals surface area contributed by atoms with Crippen LogP contribution in [0.3, 0.4) is 0 Å². The van der Waals surface area contributed by atoms with Crippen LogP contribution >= 0.6 is 0 Å². The zero-order valence-corrected chi connectivity index (χ0v) is 9.41. The van der Waals surface area contributed by atoms with E-state index in [0.717, 1.165) is 18.4 Å². The molecule has 2 N–H and O–H groups in total. The fourth-order valence-electron chi connectivity index (χ4n) is 3.98. The van der Waals surface area contributed by atoms with Gasteiger partial charge in [0, 0.05) is 0 Å². The van der Waals surface area contributed by atoms with Crippen molar-refractivity contribution in [1.82, 2.24) is 0 Å². The van der Waals surface area contributed by atoms with E-state index in [2.05, 4.69) is 12.1 Å². The molecule has 1 saturated carbocycles. The molecule has 2 bridgehead atoms. The lowest BCUT2D eigenvalue weighted by molar-refractivity contribution is 0.0918. The van der Waals surface area contributed by atoms with Crippen molar-refractivity contribution in [1.29, 1.82) is 0 Å².